The zero-order chi connectivity index (χ0) is 22.5. The number of thiazole rings is 1. The molecule has 4 aromatic rings. The maximum atomic E-state index is 13.3. The van der Waals surface area contributed by atoms with Crippen molar-refractivity contribution in [2.24, 2.45) is 0 Å². The van der Waals surface area contributed by atoms with Crippen molar-refractivity contribution in [2.45, 2.75) is 45.1 Å². The van der Waals surface area contributed by atoms with Gasteiger partial charge in [0.2, 0.25) is 5.91 Å². The number of hydrogen-bond donors (Lipinski definition) is 0. The fraction of sp³-hybridized carbons (Fsp3) is 0.259. The molecule has 0 fully saturated rings. The average Bonchev–Trinajstić information content (AvgIpc) is 3.21. The number of fused-ring (bicyclic) bond motifs is 1. The molecular weight excluding hydrogens is 432 g/mol. The molecule has 0 saturated heterocycles. The van der Waals surface area contributed by atoms with Crippen LogP contribution in [0, 0.1) is 20.8 Å². The highest BCUT2D eigenvalue weighted by molar-refractivity contribution is 7.99. The zero-order valence-corrected chi connectivity index (χ0v) is 20.4. The van der Waals surface area contributed by atoms with Gasteiger partial charge >= 0.3 is 0 Å². The third kappa shape index (κ3) is 5.59. The molecule has 0 bridgehead atoms. The van der Waals surface area contributed by atoms with Crippen LogP contribution in [0.15, 0.2) is 71.6 Å². The number of carbonyl (C=O) groups is 1. The van der Waals surface area contributed by atoms with E-state index in [-0.39, 0.29) is 5.91 Å². The van der Waals surface area contributed by atoms with E-state index in [0.29, 0.717) is 13.0 Å². The van der Waals surface area contributed by atoms with Gasteiger partial charge in [-0.05, 0) is 67.8 Å². The highest BCUT2D eigenvalue weighted by Crippen LogP contribution is 2.33. The van der Waals surface area contributed by atoms with Gasteiger partial charge in [-0.25, -0.2) is 4.98 Å². The lowest BCUT2D eigenvalue weighted by Crippen LogP contribution is -2.30. The van der Waals surface area contributed by atoms with Gasteiger partial charge in [0.25, 0.3) is 0 Å². The zero-order valence-electron chi connectivity index (χ0n) is 18.8. The Hall–Kier alpha value is -2.63. The van der Waals surface area contributed by atoms with Crippen LogP contribution in [0.1, 0.15) is 35.1 Å². The number of thioether (sulfide) groups is 1. The summed E-state index contributed by atoms with van der Waals surface area (Å²) in [6.07, 6.45) is 1.35. The Morgan fingerprint density at radius 1 is 0.969 bits per heavy atom. The fourth-order valence-corrected chi connectivity index (χ4v) is 5.58. The second-order valence-corrected chi connectivity index (χ2v) is 10.3. The first kappa shape index (κ1) is 22.6. The molecule has 0 aliphatic heterocycles. The SMILES string of the molecule is Cc1ccc(SCCCC(=O)N(Cc2ccccc2)c2nc3cc(C)cc(C)c3s2)cc1. The fourth-order valence-electron chi connectivity index (χ4n) is 3.69. The minimum absolute atomic E-state index is 0.131. The molecule has 1 amide bonds. The number of amides is 1. The van der Waals surface area contributed by atoms with Gasteiger partial charge in [0.05, 0.1) is 16.8 Å². The van der Waals surface area contributed by atoms with Crippen molar-refractivity contribution in [1.82, 2.24) is 4.98 Å². The lowest BCUT2D eigenvalue weighted by atomic mass is 10.1. The van der Waals surface area contributed by atoms with Crippen LogP contribution in [0.25, 0.3) is 10.2 Å². The maximum absolute atomic E-state index is 13.3. The van der Waals surface area contributed by atoms with E-state index in [0.717, 1.165) is 33.1 Å². The molecule has 5 heteroatoms. The molecule has 1 heterocycles. The average molecular weight is 461 g/mol. The van der Waals surface area contributed by atoms with Gasteiger partial charge in [-0.2, -0.15) is 0 Å². The van der Waals surface area contributed by atoms with Gasteiger partial charge < -0.3 is 0 Å². The molecule has 0 N–H and O–H groups in total. The Balaban J connectivity index is 1.49. The van der Waals surface area contributed by atoms with Gasteiger partial charge in [-0.3, -0.25) is 9.69 Å². The molecule has 3 nitrogen and oxygen atoms in total. The first-order chi connectivity index (χ1) is 15.5. The molecule has 0 unspecified atom stereocenters. The molecule has 3 aromatic carbocycles. The number of hydrogen-bond acceptors (Lipinski definition) is 4. The second kappa shape index (κ2) is 10.3. The summed E-state index contributed by atoms with van der Waals surface area (Å²) in [5.41, 5.74) is 5.76. The van der Waals surface area contributed by atoms with E-state index in [2.05, 4.69) is 69.3 Å². The molecule has 32 heavy (non-hydrogen) atoms. The summed E-state index contributed by atoms with van der Waals surface area (Å²) in [5.74, 6) is 1.05. The Kier molecular flexibility index (Phi) is 7.28. The van der Waals surface area contributed by atoms with E-state index in [1.807, 2.05) is 23.1 Å². The van der Waals surface area contributed by atoms with Crippen LogP contribution in [0.2, 0.25) is 0 Å². The van der Waals surface area contributed by atoms with E-state index < -0.39 is 0 Å². The van der Waals surface area contributed by atoms with Crippen LogP contribution in [-0.4, -0.2) is 16.6 Å². The first-order valence-electron chi connectivity index (χ1n) is 10.9. The Morgan fingerprint density at radius 3 is 2.47 bits per heavy atom. The predicted molar refractivity (Wildman–Crippen MR) is 138 cm³/mol. The Bertz CT molecular complexity index is 1200. The molecular formula is C27H28N2OS2. The first-order valence-corrected chi connectivity index (χ1v) is 12.7. The highest BCUT2D eigenvalue weighted by atomic mass is 32.2. The van der Waals surface area contributed by atoms with Crippen LogP contribution in [0.3, 0.4) is 0 Å². The largest absolute Gasteiger partial charge is 0.284 e. The summed E-state index contributed by atoms with van der Waals surface area (Å²) in [6, 6.07) is 23.0. The summed E-state index contributed by atoms with van der Waals surface area (Å²) in [5, 5.41) is 0.786. The Morgan fingerprint density at radius 2 is 1.72 bits per heavy atom. The lowest BCUT2D eigenvalue weighted by molar-refractivity contribution is -0.118. The van der Waals surface area contributed by atoms with Gasteiger partial charge in [0.1, 0.15) is 0 Å². The highest BCUT2D eigenvalue weighted by Gasteiger charge is 2.20. The number of benzene rings is 3. The topological polar surface area (TPSA) is 33.2 Å². The predicted octanol–water partition coefficient (Wildman–Crippen LogP) is 7.33. The number of carbonyl (C=O) groups excluding carboxylic acids is 1. The number of aromatic nitrogens is 1. The van der Waals surface area contributed by atoms with E-state index in [4.69, 9.17) is 4.98 Å². The van der Waals surface area contributed by atoms with E-state index in [1.165, 1.54) is 21.6 Å². The van der Waals surface area contributed by atoms with E-state index >= 15 is 0 Å². The number of aryl methyl sites for hydroxylation is 3. The van der Waals surface area contributed by atoms with E-state index in [1.54, 1.807) is 23.1 Å². The monoisotopic (exact) mass is 460 g/mol. The second-order valence-electron chi connectivity index (χ2n) is 8.16. The molecule has 4 rings (SSSR count). The molecule has 0 radical (unpaired) electrons. The minimum Gasteiger partial charge on any atom is -0.284 e. The van der Waals surface area contributed by atoms with Crippen molar-refractivity contribution in [3.63, 3.8) is 0 Å². The van der Waals surface area contributed by atoms with Crippen LogP contribution in [0.5, 0.6) is 0 Å². The van der Waals surface area contributed by atoms with Crippen molar-refractivity contribution < 1.29 is 4.79 Å². The standard InChI is InChI=1S/C27H28N2OS2/c1-19-11-13-23(14-12-19)31-15-7-10-25(30)29(18-22-8-5-4-6-9-22)27-28-24-17-20(2)16-21(3)26(24)32-27/h4-6,8-9,11-14,16-17H,7,10,15,18H2,1-3H3. The van der Waals surface area contributed by atoms with Gasteiger partial charge in [0, 0.05) is 11.3 Å². The molecule has 0 aliphatic carbocycles. The third-order valence-electron chi connectivity index (χ3n) is 5.35. The quantitative estimate of drug-likeness (QED) is 0.204. The lowest BCUT2D eigenvalue weighted by Gasteiger charge is -2.20. The number of anilines is 1. The molecule has 0 saturated carbocycles. The normalized spacial score (nSPS) is 11.1. The van der Waals surface area contributed by atoms with Crippen LogP contribution in [-0.2, 0) is 11.3 Å². The van der Waals surface area contributed by atoms with Crippen molar-refractivity contribution in [3.8, 4) is 0 Å². The van der Waals surface area contributed by atoms with Crippen molar-refractivity contribution in [1.29, 1.82) is 0 Å². The van der Waals surface area contributed by atoms with Crippen LogP contribution >= 0.6 is 23.1 Å². The minimum atomic E-state index is 0.131. The maximum Gasteiger partial charge on any atom is 0.229 e. The molecule has 1 aromatic heterocycles. The van der Waals surface area contributed by atoms with Crippen molar-refractivity contribution in [3.05, 3.63) is 89.0 Å². The summed E-state index contributed by atoms with van der Waals surface area (Å²) in [4.78, 5) is 21.3. The van der Waals surface area contributed by atoms with Crippen LogP contribution in [0.4, 0.5) is 5.13 Å². The summed E-state index contributed by atoms with van der Waals surface area (Å²) >= 11 is 3.42. The number of rotatable bonds is 8. The molecule has 0 aliphatic rings. The molecule has 0 atom stereocenters. The van der Waals surface area contributed by atoms with Gasteiger partial charge in [-0.15, -0.1) is 11.8 Å². The summed E-state index contributed by atoms with van der Waals surface area (Å²) in [7, 11) is 0. The smallest absolute Gasteiger partial charge is 0.229 e. The summed E-state index contributed by atoms with van der Waals surface area (Å²) in [6.45, 7) is 6.84. The van der Waals surface area contributed by atoms with Crippen LogP contribution < -0.4 is 4.90 Å². The summed E-state index contributed by atoms with van der Waals surface area (Å²) < 4.78 is 1.16. The molecule has 164 valence electrons. The number of nitrogens with zero attached hydrogens (tertiary/aromatic N) is 2. The van der Waals surface area contributed by atoms with Gasteiger partial charge in [-0.1, -0.05) is 65.4 Å². The van der Waals surface area contributed by atoms with E-state index in [9.17, 15) is 4.79 Å². The molecule has 0 spiro atoms. The van der Waals surface area contributed by atoms with Crippen molar-refractivity contribution in [2.75, 3.05) is 10.7 Å². The van der Waals surface area contributed by atoms with Crippen molar-refractivity contribution >= 4 is 44.4 Å². The van der Waals surface area contributed by atoms with Gasteiger partial charge in [0.15, 0.2) is 5.13 Å². The third-order valence-corrected chi connectivity index (χ3v) is 7.68. The Labute approximate surface area is 198 Å².